The van der Waals surface area contributed by atoms with Crippen LogP contribution in [-0.2, 0) is 5.41 Å². The molecule has 0 N–H and O–H groups in total. The van der Waals surface area contributed by atoms with Crippen molar-refractivity contribution in [2.45, 2.75) is 19.3 Å². The minimum Gasteiger partial charge on any atom is -0.453 e. The summed E-state index contributed by atoms with van der Waals surface area (Å²) < 4.78 is 6.40. The Kier molecular flexibility index (Phi) is 6.48. The van der Waals surface area contributed by atoms with E-state index in [2.05, 4.69) is 187 Å². The summed E-state index contributed by atoms with van der Waals surface area (Å²) in [6.07, 6.45) is 0. The summed E-state index contributed by atoms with van der Waals surface area (Å²) in [7, 11) is 0. The van der Waals surface area contributed by atoms with Crippen LogP contribution in [0.3, 0.4) is 0 Å². The Balaban J connectivity index is 1.10. The summed E-state index contributed by atoms with van der Waals surface area (Å²) in [5, 5.41) is 0. The predicted molar refractivity (Wildman–Crippen MR) is 199 cm³/mol. The molecule has 2 heterocycles. The Morgan fingerprint density at radius 3 is 1.69 bits per heavy atom. The van der Waals surface area contributed by atoms with Gasteiger partial charge in [-0.1, -0.05) is 117 Å². The van der Waals surface area contributed by atoms with Gasteiger partial charge in [-0.15, -0.1) is 0 Å². The lowest BCUT2D eigenvalue weighted by Crippen LogP contribution is -2.32. The summed E-state index contributed by atoms with van der Waals surface area (Å²) in [5.74, 6) is 1.78. The Bertz CT molecular complexity index is 2270. The summed E-state index contributed by atoms with van der Waals surface area (Å²) >= 11 is 0. The molecule has 3 nitrogen and oxygen atoms in total. The Labute approximate surface area is 281 Å². The molecule has 2 aliphatic rings. The molecule has 7 aromatic carbocycles. The van der Waals surface area contributed by atoms with Crippen LogP contribution in [0.2, 0.25) is 0 Å². The zero-order valence-electron chi connectivity index (χ0n) is 27.0. The molecule has 7 aromatic rings. The van der Waals surface area contributed by atoms with Gasteiger partial charge in [0.1, 0.15) is 0 Å². The van der Waals surface area contributed by atoms with Gasteiger partial charge in [0.2, 0.25) is 0 Å². The van der Waals surface area contributed by atoms with E-state index in [9.17, 15) is 0 Å². The normalized spacial score (nSPS) is 13.5. The molecule has 0 amide bonds. The Morgan fingerprint density at radius 1 is 0.438 bits per heavy atom. The second kappa shape index (κ2) is 11.0. The topological polar surface area (TPSA) is 15.7 Å². The second-order valence-corrected chi connectivity index (χ2v) is 13.0. The van der Waals surface area contributed by atoms with Crippen LogP contribution in [0, 0.1) is 0 Å². The molecule has 0 fully saturated rings. The molecular formula is C45H34N2O. The van der Waals surface area contributed by atoms with E-state index in [1.54, 1.807) is 0 Å². The molecule has 0 unspecified atom stereocenters. The number of fused-ring (bicyclic) bond motifs is 4. The number of para-hydroxylation sites is 4. The summed E-state index contributed by atoms with van der Waals surface area (Å²) in [6.45, 7) is 4.65. The van der Waals surface area contributed by atoms with Crippen LogP contribution in [-0.4, -0.2) is 0 Å². The van der Waals surface area contributed by atoms with E-state index < -0.39 is 0 Å². The van der Waals surface area contributed by atoms with Gasteiger partial charge in [-0.2, -0.15) is 0 Å². The summed E-state index contributed by atoms with van der Waals surface area (Å²) in [5.41, 5.74) is 13.9. The molecular weight excluding hydrogens is 585 g/mol. The first-order chi connectivity index (χ1) is 23.6. The number of anilines is 6. The molecule has 0 spiro atoms. The minimum atomic E-state index is -0.210. The molecule has 2 aliphatic heterocycles. The highest BCUT2D eigenvalue weighted by Gasteiger charge is 2.41. The van der Waals surface area contributed by atoms with Gasteiger partial charge in [0.25, 0.3) is 0 Å². The zero-order chi connectivity index (χ0) is 32.2. The first-order valence-corrected chi connectivity index (χ1v) is 16.5. The maximum absolute atomic E-state index is 6.40. The third-order valence-electron chi connectivity index (χ3n) is 9.84. The van der Waals surface area contributed by atoms with Gasteiger partial charge >= 0.3 is 0 Å². The molecule has 0 atom stereocenters. The fraction of sp³-hybridized carbons (Fsp3) is 0.0667. The van der Waals surface area contributed by atoms with Crippen molar-refractivity contribution in [1.82, 2.24) is 0 Å². The van der Waals surface area contributed by atoms with Crippen LogP contribution in [0.4, 0.5) is 34.1 Å². The Morgan fingerprint density at radius 2 is 0.979 bits per heavy atom. The zero-order valence-corrected chi connectivity index (χ0v) is 27.0. The molecule has 0 saturated carbocycles. The van der Waals surface area contributed by atoms with E-state index in [0.29, 0.717) is 0 Å². The SMILES string of the molecule is CC1(C)c2cc(-c3ccc(N(c4ccccc4)c4ccc(-c5ccccc5)cc4)cc3)ccc2N2c3ccccc3Oc3cccc1c32. The van der Waals surface area contributed by atoms with Crippen LogP contribution in [0.15, 0.2) is 170 Å². The van der Waals surface area contributed by atoms with E-state index in [0.717, 1.165) is 39.9 Å². The molecule has 0 aliphatic carbocycles. The van der Waals surface area contributed by atoms with Crippen LogP contribution in [0.1, 0.15) is 25.0 Å². The predicted octanol–water partition coefficient (Wildman–Crippen LogP) is 12.7. The quantitative estimate of drug-likeness (QED) is 0.191. The number of hydrogen-bond donors (Lipinski definition) is 0. The van der Waals surface area contributed by atoms with Crippen LogP contribution in [0.5, 0.6) is 11.5 Å². The molecule has 48 heavy (non-hydrogen) atoms. The van der Waals surface area contributed by atoms with E-state index in [1.165, 1.54) is 39.1 Å². The van der Waals surface area contributed by atoms with E-state index >= 15 is 0 Å². The van der Waals surface area contributed by atoms with Gasteiger partial charge < -0.3 is 14.5 Å². The van der Waals surface area contributed by atoms with Gasteiger partial charge in [0.05, 0.1) is 17.1 Å². The molecule has 3 heteroatoms. The molecule has 9 rings (SSSR count). The highest BCUT2D eigenvalue weighted by Crippen LogP contribution is 2.60. The van der Waals surface area contributed by atoms with E-state index in [4.69, 9.17) is 4.74 Å². The van der Waals surface area contributed by atoms with Crippen LogP contribution >= 0.6 is 0 Å². The third kappa shape index (κ3) is 4.51. The molecule has 0 aromatic heterocycles. The highest BCUT2D eigenvalue weighted by atomic mass is 16.5. The summed E-state index contributed by atoms with van der Waals surface area (Å²) in [6, 6.07) is 60.6. The lowest BCUT2D eigenvalue weighted by atomic mass is 9.72. The van der Waals surface area contributed by atoms with Gasteiger partial charge in [0.15, 0.2) is 11.5 Å². The van der Waals surface area contributed by atoms with Crippen molar-refractivity contribution in [2.75, 3.05) is 9.80 Å². The second-order valence-electron chi connectivity index (χ2n) is 13.0. The van der Waals surface area contributed by atoms with E-state index in [-0.39, 0.29) is 5.41 Å². The fourth-order valence-corrected chi connectivity index (χ4v) is 7.37. The molecule has 0 radical (unpaired) electrons. The van der Waals surface area contributed by atoms with Crippen molar-refractivity contribution >= 4 is 34.1 Å². The lowest BCUT2D eigenvalue weighted by Gasteiger charge is -2.45. The van der Waals surface area contributed by atoms with Gasteiger partial charge in [-0.3, -0.25) is 0 Å². The van der Waals surface area contributed by atoms with Crippen molar-refractivity contribution in [3.05, 3.63) is 181 Å². The average Bonchev–Trinajstić information content (AvgIpc) is 3.14. The van der Waals surface area contributed by atoms with Crippen molar-refractivity contribution in [3.63, 3.8) is 0 Å². The average molecular weight is 619 g/mol. The maximum atomic E-state index is 6.40. The van der Waals surface area contributed by atoms with Gasteiger partial charge in [-0.25, -0.2) is 0 Å². The van der Waals surface area contributed by atoms with Gasteiger partial charge in [-0.05, 0) is 100 Å². The number of nitrogens with zero attached hydrogens (tertiary/aromatic N) is 2. The monoisotopic (exact) mass is 618 g/mol. The number of benzene rings is 7. The van der Waals surface area contributed by atoms with Crippen molar-refractivity contribution in [3.8, 4) is 33.8 Å². The van der Waals surface area contributed by atoms with Crippen LogP contribution < -0.4 is 14.5 Å². The van der Waals surface area contributed by atoms with E-state index in [1.807, 2.05) is 6.07 Å². The van der Waals surface area contributed by atoms with Crippen molar-refractivity contribution < 1.29 is 4.74 Å². The summed E-state index contributed by atoms with van der Waals surface area (Å²) in [4.78, 5) is 4.71. The number of hydrogen-bond acceptors (Lipinski definition) is 3. The standard InChI is InChI=1S/C45H34N2O/c1-45(2)38-16-11-19-43-44(38)47(41-17-9-10-18-42(41)48-43)40-29-24-34(30-39(40)45)33-22-27-37(28-23-33)46(35-14-7-4-8-15-35)36-25-20-32(21-26-36)31-12-5-3-6-13-31/h3-30H,1-2H3. The van der Waals surface area contributed by atoms with Crippen LogP contribution in [0.25, 0.3) is 22.3 Å². The van der Waals surface area contributed by atoms with Gasteiger partial charge in [0, 0.05) is 22.5 Å². The first-order valence-electron chi connectivity index (χ1n) is 16.5. The Hall–Kier alpha value is -6.06. The highest BCUT2D eigenvalue weighted by molar-refractivity contribution is 5.94. The first kappa shape index (κ1) is 28.2. The molecule has 230 valence electrons. The third-order valence-corrected chi connectivity index (χ3v) is 9.84. The largest absolute Gasteiger partial charge is 0.453 e. The molecule has 0 bridgehead atoms. The van der Waals surface area contributed by atoms with Crippen molar-refractivity contribution in [1.29, 1.82) is 0 Å². The fourth-order valence-electron chi connectivity index (χ4n) is 7.37. The number of rotatable bonds is 5. The van der Waals surface area contributed by atoms with Crippen molar-refractivity contribution in [2.24, 2.45) is 0 Å². The minimum absolute atomic E-state index is 0.210. The lowest BCUT2D eigenvalue weighted by molar-refractivity contribution is 0.471. The molecule has 0 saturated heterocycles. The number of ether oxygens (including phenoxy) is 1. The maximum Gasteiger partial charge on any atom is 0.151 e. The smallest absolute Gasteiger partial charge is 0.151 e.